The number of ether oxygens (including phenoxy) is 2. The summed E-state index contributed by atoms with van der Waals surface area (Å²) in [6.45, 7) is 4.08. The second-order valence-electron chi connectivity index (χ2n) is 8.83. The fraction of sp³-hybridized carbons (Fsp3) is 0.200. The molecule has 5 rings (SSSR count). The average Bonchev–Trinajstić information content (AvgIpc) is 3.16. The quantitative estimate of drug-likeness (QED) is 0.314. The van der Waals surface area contributed by atoms with Gasteiger partial charge in [0.25, 0.3) is 0 Å². The van der Waals surface area contributed by atoms with E-state index in [2.05, 4.69) is 121 Å². The van der Waals surface area contributed by atoms with Gasteiger partial charge in [0.2, 0.25) is 0 Å². The van der Waals surface area contributed by atoms with Crippen LogP contribution in [0, 0.1) is 0 Å². The van der Waals surface area contributed by atoms with Crippen molar-refractivity contribution in [3.05, 3.63) is 132 Å². The molecular weight excluding hydrogens is 423 g/mol. The van der Waals surface area contributed by atoms with Gasteiger partial charge in [0.15, 0.2) is 5.79 Å². The molecule has 166 valence electrons. The van der Waals surface area contributed by atoms with Crippen molar-refractivity contribution in [1.82, 2.24) is 0 Å². The Bertz CT molecular complexity index is 975. The van der Waals surface area contributed by atoms with Crippen LogP contribution in [-0.2, 0) is 9.47 Å². The lowest BCUT2D eigenvalue weighted by atomic mass is 9.87. The molecule has 1 heterocycles. The van der Waals surface area contributed by atoms with E-state index in [0.717, 1.165) is 0 Å². The van der Waals surface area contributed by atoms with E-state index in [-0.39, 0.29) is 17.9 Å². The maximum absolute atomic E-state index is 6.76. The molecule has 0 amide bonds. The topological polar surface area (TPSA) is 18.5 Å². The van der Waals surface area contributed by atoms with Crippen molar-refractivity contribution >= 4 is 18.5 Å². The first-order valence-electron chi connectivity index (χ1n) is 11.5. The van der Waals surface area contributed by atoms with Crippen LogP contribution < -0.4 is 10.6 Å². The highest BCUT2D eigenvalue weighted by Crippen LogP contribution is 2.52. The SMILES string of the molecule is CC1(C)O[C@H](C(c2ccccc2)c2ccccc2)[C@@H](P(c2ccccc2)c2ccccc2)O1. The van der Waals surface area contributed by atoms with Gasteiger partial charge >= 0.3 is 0 Å². The van der Waals surface area contributed by atoms with Crippen molar-refractivity contribution in [3.8, 4) is 0 Å². The molecule has 3 heteroatoms. The van der Waals surface area contributed by atoms with E-state index in [0.29, 0.717) is 0 Å². The molecule has 0 saturated carbocycles. The van der Waals surface area contributed by atoms with Gasteiger partial charge in [0.1, 0.15) is 11.9 Å². The van der Waals surface area contributed by atoms with Gasteiger partial charge in [-0.2, -0.15) is 0 Å². The Balaban J connectivity index is 1.66. The molecule has 0 aromatic heterocycles. The molecular formula is C30H29O2P. The summed E-state index contributed by atoms with van der Waals surface area (Å²) in [7, 11) is -0.810. The van der Waals surface area contributed by atoms with E-state index >= 15 is 0 Å². The maximum atomic E-state index is 6.76. The Labute approximate surface area is 198 Å². The van der Waals surface area contributed by atoms with Crippen LogP contribution in [0.1, 0.15) is 30.9 Å². The fourth-order valence-corrected chi connectivity index (χ4v) is 7.48. The van der Waals surface area contributed by atoms with Crippen molar-refractivity contribution in [2.45, 2.75) is 37.5 Å². The molecule has 1 aliphatic heterocycles. The normalized spacial score (nSPS) is 19.8. The highest BCUT2D eigenvalue weighted by atomic mass is 31.1. The standard InChI is InChI=1S/C30H29O2P/c1-30(2)31-28(27(23-15-7-3-8-16-23)24-17-9-4-10-18-24)29(32-30)33(25-19-11-5-12-20-25)26-21-13-6-14-22-26/h3-22,27-29H,1-2H3/t28-,29-/m1/s1. The van der Waals surface area contributed by atoms with Gasteiger partial charge in [0, 0.05) is 5.92 Å². The van der Waals surface area contributed by atoms with Gasteiger partial charge in [-0.25, -0.2) is 0 Å². The molecule has 0 radical (unpaired) electrons. The summed E-state index contributed by atoms with van der Waals surface area (Å²) in [6, 6.07) is 42.9. The Morgan fingerprint density at radius 2 is 0.970 bits per heavy atom. The molecule has 1 saturated heterocycles. The van der Waals surface area contributed by atoms with Gasteiger partial charge in [-0.1, -0.05) is 121 Å². The van der Waals surface area contributed by atoms with Crippen LogP contribution in [0.25, 0.3) is 0 Å². The number of rotatable bonds is 6. The summed E-state index contributed by atoms with van der Waals surface area (Å²) in [5.41, 5.74) is 2.49. The molecule has 0 N–H and O–H groups in total. The first kappa shape index (κ1) is 22.0. The Morgan fingerprint density at radius 1 is 0.576 bits per heavy atom. The van der Waals surface area contributed by atoms with E-state index in [1.165, 1.54) is 21.7 Å². The lowest BCUT2D eigenvalue weighted by molar-refractivity contribution is -0.142. The van der Waals surface area contributed by atoms with E-state index in [4.69, 9.17) is 9.47 Å². The van der Waals surface area contributed by atoms with Crippen LogP contribution in [0.4, 0.5) is 0 Å². The Hall–Kier alpha value is -2.77. The van der Waals surface area contributed by atoms with Gasteiger partial charge in [-0.05, 0) is 43.5 Å². The highest BCUT2D eigenvalue weighted by Gasteiger charge is 2.49. The van der Waals surface area contributed by atoms with Crippen molar-refractivity contribution < 1.29 is 9.47 Å². The predicted molar refractivity (Wildman–Crippen MR) is 138 cm³/mol. The zero-order valence-electron chi connectivity index (χ0n) is 19.0. The molecule has 33 heavy (non-hydrogen) atoms. The van der Waals surface area contributed by atoms with Crippen LogP contribution in [0.5, 0.6) is 0 Å². The third kappa shape index (κ3) is 4.80. The zero-order valence-corrected chi connectivity index (χ0v) is 19.9. The lowest BCUT2D eigenvalue weighted by Crippen LogP contribution is -2.34. The predicted octanol–water partition coefficient (Wildman–Crippen LogP) is 6.43. The third-order valence-corrected chi connectivity index (χ3v) is 8.69. The van der Waals surface area contributed by atoms with Crippen LogP contribution >= 0.6 is 7.92 Å². The van der Waals surface area contributed by atoms with Crippen LogP contribution in [0.3, 0.4) is 0 Å². The molecule has 4 aromatic rings. The van der Waals surface area contributed by atoms with E-state index < -0.39 is 13.7 Å². The van der Waals surface area contributed by atoms with Crippen molar-refractivity contribution in [3.63, 3.8) is 0 Å². The molecule has 2 nitrogen and oxygen atoms in total. The summed E-state index contributed by atoms with van der Waals surface area (Å²) < 4.78 is 13.5. The molecule has 2 atom stereocenters. The minimum absolute atomic E-state index is 0.0663. The number of hydrogen-bond donors (Lipinski definition) is 0. The van der Waals surface area contributed by atoms with E-state index in [1.54, 1.807) is 0 Å². The molecule has 0 aliphatic carbocycles. The van der Waals surface area contributed by atoms with Gasteiger partial charge in [-0.15, -0.1) is 0 Å². The largest absolute Gasteiger partial charge is 0.343 e. The summed E-state index contributed by atoms with van der Waals surface area (Å²) in [4.78, 5) is 0. The summed E-state index contributed by atoms with van der Waals surface area (Å²) in [6.07, 6.45) is -0.128. The zero-order chi connectivity index (χ0) is 22.7. The Morgan fingerprint density at radius 3 is 1.39 bits per heavy atom. The molecule has 1 fully saturated rings. The number of hydrogen-bond acceptors (Lipinski definition) is 2. The minimum Gasteiger partial charge on any atom is -0.343 e. The van der Waals surface area contributed by atoms with Crippen LogP contribution in [0.2, 0.25) is 0 Å². The Kier molecular flexibility index (Phi) is 6.42. The monoisotopic (exact) mass is 452 g/mol. The average molecular weight is 453 g/mol. The van der Waals surface area contributed by atoms with Crippen LogP contribution in [-0.4, -0.2) is 17.7 Å². The first-order chi connectivity index (χ1) is 16.1. The lowest BCUT2D eigenvalue weighted by Gasteiger charge is -2.32. The third-order valence-electron chi connectivity index (χ3n) is 6.07. The van der Waals surface area contributed by atoms with Crippen molar-refractivity contribution in [2.75, 3.05) is 0 Å². The van der Waals surface area contributed by atoms with E-state index in [9.17, 15) is 0 Å². The molecule has 0 unspecified atom stereocenters. The van der Waals surface area contributed by atoms with E-state index in [1.807, 2.05) is 13.8 Å². The second-order valence-corrected chi connectivity index (χ2v) is 11.1. The highest BCUT2D eigenvalue weighted by molar-refractivity contribution is 7.73. The second kappa shape index (κ2) is 9.61. The van der Waals surface area contributed by atoms with Gasteiger partial charge in [-0.3, -0.25) is 0 Å². The van der Waals surface area contributed by atoms with Gasteiger partial charge in [0.05, 0.1) is 0 Å². The van der Waals surface area contributed by atoms with Gasteiger partial charge < -0.3 is 9.47 Å². The van der Waals surface area contributed by atoms with Crippen LogP contribution in [0.15, 0.2) is 121 Å². The molecule has 0 bridgehead atoms. The first-order valence-corrected chi connectivity index (χ1v) is 12.9. The van der Waals surface area contributed by atoms with Crippen molar-refractivity contribution in [1.29, 1.82) is 0 Å². The summed E-state index contributed by atoms with van der Waals surface area (Å²) in [5.74, 6) is -0.691. The minimum atomic E-state index is -0.810. The van der Waals surface area contributed by atoms with Crippen molar-refractivity contribution in [2.24, 2.45) is 0 Å². The fourth-order valence-electron chi connectivity index (χ4n) is 4.72. The molecule has 4 aromatic carbocycles. The molecule has 0 spiro atoms. The number of benzene rings is 4. The summed E-state index contributed by atoms with van der Waals surface area (Å²) in [5, 5.41) is 2.60. The summed E-state index contributed by atoms with van der Waals surface area (Å²) >= 11 is 0. The smallest absolute Gasteiger partial charge is 0.164 e. The maximum Gasteiger partial charge on any atom is 0.164 e. The molecule has 1 aliphatic rings.